The fourth-order valence-electron chi connectivity index (χ4n) is 1.78. The number of hydrogen-bond donors (Lipinski definition) is 2. The summed E-state index contributed by atoms with van der Waals surface area (Å²) in [6.45, 7) is 2.54. The predicted octanol–water partition coefficient (Wildman–Crippen LogP) is 3.67. The van der Waals surface area contributed by atoms with E-state index in [-0.39, 0.29) is 11.9 Å². The molecule has 0 fully saturated rings. The summed E-state index contributed by atoms with van der Waals surface area (Å²) < 4.78 is 1.02. The van der Waals surface area contributed by atoms with Crippen molar-refractivity contribution >= 4 is 38.9 Å². The van der Waals surface area contributed by atoms with Gasteiger partial charge in [-0.05, 0) is 49.1 Å². The molecule has 0 spiro atoms. The molecule has 2 N–H and O–H groups in total. The lowest BCUT2D eigenvalue weighted by molar-refractivity contribution is -0.121. The summed E-state index contributed by atoms with van der Waals surface area (Å²) in [7, 11) is 0. The smallest absolute Gasteiger partial charge is 0.242 e. The number of thiophene rings is 1. The highest BCUT2D eigenvalue weighted by Crippen LogP contribution is 2.14. The second-order valence-corrected chi connectivity index (χ2v) is 6.44. The Hall–Kier alpha value is -1.33. The first-order chi connectivity index (χ1) is 9.65. The highest BCUT2D eigenvalue weighted by atomic mass is 79.9. The molecule has 0 saturated heterocycles. The maximum absolute atomic E-state index is 12.0. The molecule has 2 rings (SSSR count). The van der Waals surface area contributed by atoms with E-state index in [1.54, 1.807) is 11.3 Å². The van der Waals surface area contributed by atoms with Crippen molar-refractivity contribution in [2.75, 3.05) is 11.9 Å². The second kappa shape index (κ2) is 7.45. The van der Waals surface area contributed by atoms with Gasteiger partial charge in [-0.2, -0.15) is 0 Å². The zero-order chi connectivity index (χ0) is 14.4. The molecule has 106 valence electrons. The Morgan fingerprint density at radius 3 is 2.70 bits per heavy atom. The molecular weight excluding hydrogens is 336 g/mol. The Morgan fingerprint density at radius 1 is 1.30 bits per heavy atom. The van der Waals surface area contributed by atoms with E-state index in [9.17, 15) is 4.79 Å². The molecule has 3 nitrogen and oxygen atoms in total. The summed E-state index contributed by atoms with van der Waals surface area (Å²) in [6.07, 6.45) is 0.883. The van der Waals surface area contributed by atoms with Gasteiger partial charge < -0.3 is 10.6 Å². The van der Waals surface area contributed by atoms with Gasteiger partial charge in [0.15, 0.2) is 0 Å². The lowest BCUT2D eigenvalue weighted by atomic mass is 10.2. The number of amides is 1. The minimum Gasteiger partial charge on any atom is -0.374 e. The quantitative estimate of drug-likeness (QED) is 0.832. The van der Waals surface area contributed by atoms with Crippen molar-refractivity contribution in [2.24, 2.45) is 0 Å². The summed E-state index contributed by atoms with van der Waals surface area (Å²) >= 11 is 5.10. The molecule has 1 aromatic heterocycles. The van der Waals surface area contributed by atoms with Crippen LogP contribution >= 0.6 is 27.3 Å². The molecule has 1 unspecified atom stereocenters. The largest absolute Gasteiger partial charge is 0.374 e. The first kappa shape index (κ1) is 15.1. The molecule has 0 aliphatic rings. The van der Waals surface area contributed by atoms with E-state index in [1.807, 2.05) is 37.3 Å². The molecule has 5 heteroatoms. The van der Waals surface area contributed by atoms with Gasteiger partial charge in [-0.15, -0.1) is 11.3 Å². The standard InChI is InChI=1S/C15H17BrN2OS/c1-11(18-13-6-4-12(16)5-7-13)15(19)17-9-8-14-3-2-10-20-14/h2-7,10-11,18H,8-9H2,1H3,(H,17,19). The van der Waals surface area contributed by atoms with Gasteiger partial charge >= 0.3 is 0 Å². The summed E-state index contributed by atoms with van der Waals surface area (Å²) in [5, 5.41) is 8.18. The molecule has 2 aromatic rings. The third-order valence-electron chi connectivity index (χ3n) is 2.87. The molecule has 0 aliphatic heterocycles. The number of benzene rings is 1. The van der Waals surface area contributed by atoms with Crippen molar-refractivity contribution in [3.8, 4) is 0 Å². The zero-order valence-electron chi connectivity index (χ0n) is 11.2. The van der Waals surface area contributed by atoms with Gasteiger partial charge in [0.05, 0.1) is 0 Å². The van der Waals surface area contributed by atoms with Crippen molar-refractivity contribution in [1.29, 1.82) is 0 Å². The van der Waals surface area contributed by atoms with Crippen LogP contribution < -0.4 is 10.6 Å². The van der Waals surface area contributed by atoms with E-state index in [4.69, 9.17) is 0 Å². The minimum absolute atomic E-state index is 0.0180. The highest BCUT2D eigenvalue weighted by molar-refractivity contribution is 9.10. The molecule has 0 aliphatic carbocycles. The van der Waals surface area contributed by atoms with Gasteiger partial charge in [0, 0.05) is 21.6 Å². The Balaban J connectivity index is 1.75. The van der Waals surface area contributed by atoms with E-state index in [2.05, 4.69) is 38.0 Å². The fraction of sp³-hybridized carbons (Fsp3) is 0.267. The predicted molar refractivity (Wildman–Crippen MR) is 88.3 cm³/mol. The van der Waals surface area contributed by atoms with Gasteiger partial charge in [-0.1, -0.05) is 22.0 Å². The summed E-state index contributed by atoms with van der Waals surface area (Å²) in [4.78, 5) is 13.3. The normalized spacial score (nSPS) is 11.9. The fourth-order valence-corrected chi connectivity index (χ4v) is 2.75. The molecule has 0 bridgehead atoms. The van der Waals surface area contributed by atoms with Crippen molar-refractivity contribution in [2.45, 2.75) is 19.4 Å². The van der Waals surface area contributed by atoms with Crippen molar-refractivity contribution in [3.05, 3.63) is 51.1 Å². The molecule has 1 aromatic carbocycles. The number of anilines is 1. The van der Waals surface area contributed by atoms with Gasteiger partial charge in [-0.25, -0.2) is 0 Å². The van der Waals surface area contributed by atoms with Crippen molar-refractivity contribution in [1.82, 2.24) is 5.32 Å². The van der Waals surface area contributed by atoms with Crippen molar-refractivity contribution in [3.63, 3.8) is 0 Å². The van der Waals surface area contributed by atoms with E-state index in [1.165, 1.54) is 4.88 Å². The number of nitrogens with one attached hydrogen (secondary N) is 2. The average Bonchev–Trinajstić information content (AvgIpc) is 2.94. The van der Waals surface area contributed by atoms with Crippen LogP contribution in [-0.2, 0) is 11.2 Å². The average molecular weight is 353 g/mol. The van der Waals surface area contributed by atoms with Gasteiger partial charge in [0.25, 0.3) is 0 Å². The van der Waals surface area contributed by atoms with Crippen LogP contribution in [0.25, 0.3) is 0 Å². The van der Waals surface area contributed by atoms with Crippen LogP contribution in [-0.4, -0.2) is 18.5 Å². The third-order valence-corrected chi connectivity index (χ3v) is 4.34. The van der Waals surface area contributed by atoms with Crippen LogP contribution in [0.2, 0.25) is 0 Å². The number of carbonyl (C=O) groups excluding carboxylic acids is 1. The van der Waals surface area contributed by atoms with Crippen LogP contribution in [0.5, 0.6) is 0 Å². The Morgan fingerprint density at radius 2 is 2.05 bits per heavy atom. The molecule has 0 radical (unpaired) electrons. The van der Waals surface area contributed by atoms with Gasteiger partial charge in [0.2, 0.25) is 5.91 Å². The number of carbonyl (C=O) groups is 1. The Kier molecular flexibility index (Phi) is 5.61. The lowest BCUT2D eigenvalue weighted by Crippen LogP contribution is -2.38. The second-order valence-electron chi connectivity index (χ2n) is 4.49. The summed E-state index contributed by atoms with van der Waals surface area (Å²) in [5.41, 5.74) is 0.939. The summed E-state index contributed by atoms with van der Waals surface area (Å²) in [6, 6.07) is 11.6. The third kappa shape index (κ3) is 4.65. The van der Waals surface area contributed by atoms with E-state index < -0.39 is 0 Å². The number of rotatable bonds is 6. The first-order valence-electron chi connectivity index (χ1n) is 6.47. The molecule has 1 heterocycles. The van der Waals surface area contributed by atoms with Crippen LogP contribution in [0.4, 0.5) is 5.69 Å². The van der Waals surface area contributed by atoms with Crippen LogP contribution in [0, 0.1) is 0 Å². The van der Waals surface area contributed by atoms with Crippen LogP contribution in [0.1, 0.15) is 11.8 Å². The molecular formula is C15H17BrN2OS. The van der Waals surface area contributed by atoms with Crippen LogP contribution in [0.3, 0.4) is 0 Å². The molecule has 1 atom stereocenters. The lowest BCUT2D eigenvalue weighted by Gasteiger charge is -2.15. The van der Waals surface area contributed by atoms with E-state index in [0.29, 0.717) is 6.54 Å². The van der Waals surface area contributed by atoms with Crippen LogP contribution in [0.15, 0.2) is 46.3 Å². The van der Waals surface area contributed by atoms with Crippen molar-refractivity contribution < 1.29 is 4.79 Å². The first-order valence-corrected chi connectivity index (χ1v) is 8.14. The maximum Gasteiger partial charge on any atom is 0.242 e. The monoisotopic (exact) mass is 352 g/mol. The Bertz CT molecular complexity index is 540. The maximum atomic E-state index is 12.0. The van der Waals surface area contributed by atoms with Gasteiger partial charge in [-0.3, -0.25) is 4.79 Å². The highest BCUT2D eigenvalue weighted by Gasteiger charge is 2.11. The SMILES string of the molecule is CC(Nc1ccc(Br)cc1)C(=O)NCCc1cccs1. The minimum atomic E-state index is -0.250. The van der Waals surface area contributed by atoms with Gasteiger partial charge in [0.1, 0.15) is 6.04 Å². The topological polar surface area (TPSA) is 41.1 Å². The molecule has 1 amide bonds. The summed E-state index contributed by atoms with van der Waals surface area (Å²) in [5.74, 6) is 0.0180. The molecule has 0 saturated carbocycles. The van der Waals surface area contributed by atoms with E-state index in [0.717, 1.165) is 16.6 Å². The zero-order valence-corrected chi connectivity index (χ0v) is 13.6. The number of halogens is 1. The van der Waals surface area contributed by atoms with E-state index >= 15 is 0 Å². The molecule has 20 heavy (non-hydrogen) atoms. The Labute approximate surface area is 131 Å². The number of hydrogen-bond acceptors (Lipinski definition) is 3.